The molecule has 1 rings (SSSR count). The van der Waals surface area contributed by atoms with Crippen LogP contribution in [0.4, 0.5) is 0 Å². The Morgan fingerprint density at radius 1 is 1.26 bits per heavy atom. The minimum Gasteiger partial charge on any atom is -0.494 e. The Morgan fingerprint density at radius 2 is 2.00 bits per heavy atom. The van der Waals surface area contributed by atoms with Crippen molar-refractivity contribution in [3.05, 3.63) is 29.8 Å². The number of ether oxygens (including phenoxy) is 1. The molecule has 0 fully saturated rings. The first-order valence-electron chi connectivity index (χ1n) is 6.95. The minimum atomic E-state index is 0.531. The van der Waals surface area contributed by atoms with E-state index in [4.69, 9.17) is 10.5 Å². The molecule has 3 N–H and O–H groups in total. The minimum absolute atomic E-state index is 0.531. The maximum absolute atomic E-state index is 5.72. The van der Waals surface area contributed by atoms with Gasteiger partial charge in [-0.1, -0.05) is 31.0 Å². The van der Waals surface area contributed by atoms with E-state index in [1.807, 2.05) is 24.3 Å². The molecule has 0 bridgehead atoms. The summed E-state index contributed by atoms with van der Waals surface area (Å²) in [6.45, 7) is 6.46. The van der Waals surface area contributed by atoms with Crippen LogP contribution in [0.2, 0.25) is 0 Å². The zero-order chi connectivity index (χ0) is 13.9. The molecule has 0 amide bonds. The summed E-state index contributed by atoms with van der Waals surface area (Å²) in [5.74, 6) is 1.44. The summed E-state index contributed by atoms with van der Waals surface area (Å²) in [5.41, 5.74) is 6.96. The highest BCUT2D eigenvalue weighted by atomic mass is 16.5. The van der Waals surface area contributed by atoms with Crippen molar-refractivity contribution in [1.82, 2.24) is 5.32 Å². The van der Waals surface area contributed by atoms with Crippen molar-refractivity contribution >= 4 is 5.96 Å². The fourth-order valence-electron chi connectivity index (χ4n) is 1.54. The van der Waals surface area contributed by atoms with E-state index in [-0.39, 0.29) is 0 Å². The lowest BCUT2D eigenvalue weighted by Crippen LogP contribution is -2.32. The SMILES string of the molecule is CCCCNC(N)=NCCCOc1ccc(C)cc1. The van der Waals surface area contributed by atoms with Crippen molar-refractivity contribution in [2.24, 2.45) is 10.7 Å². The van der Waals surface area contributed by atoms with Crippen LogP contribution in [-0.2, 0) is 0 Å². The van der Waals surface area contributed by atoms with E-state index in [9.17, 15) is 0 Å². The number of nitrogens with two attached hydrogens (primary N) is 1. The van der Waals surface area contributed by atoms with Gasteiger partial charge in [-0.3, -0.25) is 4.99 Å². The van der Waals surface area contributed by atoms with Crippen LogP contribution in [0.5, 0.6) is 5.75 Å². The van der Waals surface area contributed by atoms with E-state index in [0.29, 0.717) is 19.1 Å². The summed E-state index contributed by atoms with van der Waals surface area (Å²) in [7, 11) is 0. The van der Waals surface area contributed by atoms with Gasteiger partial charge in [-0.15, -0.1) is 0 Å². The average molecular weight is 263 g/mol. The number of hydrogen-bond donors (Lipinski definition) is 2. The van der Waals surface area contributed by atoms with E-state index in [0.717, 1.165) is 31.6 Å². The second kappa shape index (κ2) is 9.25. The Balaban J connectivity index is 2.10. The number of nitrogens with zero attached hydrogens (tertiary/aromatic N) is 1. The van der Waals surface area contributed by atoms with Gasteiger partial charge < -0.3 is 15.8 Å². The molecule has 4 nitrogen and oxygen atoms in total. The molecule has 1 aromatic carbocycles. The molecule has 0 aromatic heterocycles. The van der Waals surface area contributed by atoms with Gasteiger partial charge in [-0.2, -0.15) is 0 Å². The zero-order valence-electron chi connectivity index (χ0n) is 12.0. The van der Waals surface area contributed by atoms with Crippen LogP contribution in [0.1, 0.15) is 31.7 Å². The number of unbranched alkanes of at least 4 members (excludes halogenated alkanes) is 1. The number of nitrogens with one attached hydrogen (secondary N) is 1. The van der Waals surface area contributed by atoms with Crippen LogP contribution in [0.25, 0.3) is 0 Å². The molecule has 0 spiro atoms. The van der Waals surface area contributed by atoms with E-state index in [2.05, 4.69) is 24.2 Å². The molecular formula is C15H25N3O. The Morgan fingerprint density at radius 3 is 2.68 bits per heavy atom. The van der Waals surface area contributed by atoms with Crippen molar-refractivity contribution in [3.8, 4) is 5.75 Å². The first-order chi connectivity index (χ1) is 9.22. The lowest BCUT2D eigenvalue weighted by Gasteiger charge is -2.06. The largest absolute Gasteiger partial charge is 0.494 e. The van der Waals surface area contributed by atoms with Gasteiger partial charge in [0, 0.05) is 19.5 Å². The quantitative estimate of drug-likeness (QED) is 0.430. The van der Waals surface area contributed by atoms with Gasteiger partial charge in [0.25, 0.3) is 0 Å². The van der Waals surface area contributed by atoms with Gasteiger partial charge in [0.1, 0.15) is 5.75 Å². The third-order valence-electron chi connectivity index (χ3n) is 2.71. The molecule has 0 aliphatic heterocycles. The molecule has 0 saturated heterocycles. The molecule has 0 aliphatic carbocycles. The van der Waals surface area contributed by atoms with Gasteiger partial charge >= 0.3 is 0 Å². The van der Waals surface area contributed by atoms with Gasteiger partial charge in [0.2, 0.25) is 0 Å². The lowest BCUT2D eigenvalue weighted by atomic mass is 10.2. The van der Waals surface area contributed by atoms with Crippen LogP contribution in [0.3, 0.4) is 0 Å². The summed E-state index contributed by atoms with van der Waals surface area (Å²) in [4.78, 5) is 4.24. The lowest BCUT2D eigenvalue weighted by molar-refractivity contribution is 0.313. The molecule has 0 aliphatic rings. The summed E-state index contributed by atoms with van der Waals surface area (Å²) in [6.07, 6.45) is 3.14. The van der Waals surface area contributed by atoms with Crippen LogP contribution in [0.15, 0.2) is 29.3 Å². The maximum Gasteiger partial charge on any atom is 0.188 e. The highest BCUT2D eigenvalue weighted by Crippen LogP contribution is 2.11. The van der Waals surface area contributed by atoms with Crippen LogP contribution >= 0.6 is 0 Å². The summed E-state index contributed by atoms with van der Waals surface area (Å²) < 4.78 is 5.61. The number of rotatable bonds is 8. The van der Waals surface area contributed by atoms with Gasteiger partial charge in [0.15, 0.2) is 5.96 Å². The van der Waals surface area contributed by atoms with Crippen LogP contribution < -0.4 is 15.8 Å². The van der Waals surface area contributed by atoms with Gasteiger partial charge in [-0.25, -0.2) is 0 Å². The van der Waals surface area contributed by atoms with Gasteiger partial charge in [-0.05, 0) is 25.5 Å². The molecule has 0 radical (unpaired) electrons. The number of guanidine groups is 1. The summed E-state index contributed by atoms with van der Waals surface area (Å²) >= 11 is 0. The van der Waals surface area contributed by atoms with Crippen molar-refractivity contribution < 1.29 is 4.74 Å². The monoisotopic (exact) mass is 263 g/mol. The first-order valence-corrected chi connectivity index (χ1v) is 6.95. The fourth-order valence-corrected chi connectivity index (χ4v) is 1.54. The first kappa shape index (κ1) is 15.3. The highest BCUT2D eigenvalue weighted by molar-refractivity contribution is 5.77. The van der Waals surface area contributed by atoms with E-state index >= 15 is 0 Å². The third kappa shape index (κ3) is 7.34. The van der Waals surface area contributed by atoms with Crippen LogP contribution in [0, 0.1) is 6.92 Å². The standard InChI is InChI=1S/C15H25N3O/c1-3-4-10-17-15(16)18-11-5-12-19-14-8-6-13(2)7-9-14/h6-9H,3-5,10-12H2,1-2H3,(H3,16,17,18). The molecule has 1 aromatic rings. The number of aryl methyl sites for hydroxylation is 1. The smallest absolute Gasteiger partial charge is 0.188 e. The predicted molar refractivity (Wildman–Crippen MR) is 80.7 cm³/mol. The number of aliphatic imine (C=N–C) groups is 1. The molecule has 0 heterocycles. The normalized spacial score (nSPS) is 11.4. The average Bonchev–Trinajstić information content (AvgIpc) is 2.41. The molecule has 19 heavy (non-hydrogen) atoms. The second-order valence-electron chi connectivity index (χ2n) is 4.56. The number of hydrogen-bond acceptors (Lipinski definition) is 2. The third-order valence-corrected chi connectivity index (χ3v) is 2.71. The van der Waals surface area contributed by atoms with Crippen molar-refractivity contribution in [2.75, 3.05) is 19.7 Å². The Labute approximate surface area is 116 Å². The molecule has 0 saturated carbocycles. The highest BCUT2D eigenvalue weighted by Gasteiger charge is 1.94. The Hall–Kier alpha value is -1.71. The molecular weight excluding hydrogens is 238 g/mol. The maximum atomic E-state index is 5.72. The second-order valence-corrected chi connectivity index (χ2v) is 4.56. The predicted octanol–water partition coefficient (Wildman–Crippen LogP) is 2.47. The van der Waals surface area contributed by atoms with E-state index in [1.165, 1.54) is 5.56 Å². The fraction of sp³-hybridized carbons (Fsp3) is 0.533. The number of benzene rings is 1. The Kier molecular flexibility index (Phi) is 7.47. The Bertz CT molecular complexity index is 373. The topological polar surface area (TPSA) is 59.6 Å². The van der Waals surface area contributed by atoms with E-state index in [1.54, 1.807) is 0 Å². The van der Waals surface area contributed by atoms with Crippen LogP contribution in [-0.4, -0.2) is 25.7 Å². The van der Waals surface area contributed by atoms with Crippen molar-refractivity contribution in [3.63, 3.8) is 0 Å². The molecule has 0 atom stereocenters. The van der Waals surface area contributed by atoms with E-state index < -0.39 is 0 Å². The van der Waals surface area contributed by atoms with Gasteiger partial charge in [0.05, 0.1) is 6.61 Å². The molecule has 4 heteroatoms. The van der Waals surface area contributed by atoms with Crippen molar-refractivity contribution in [2.45, 2.75) is 33.1 Å². The molecule has 0 unspecified atom stereocenters. The zero-order valence-corrected chi connectivity index (χ0v) is 12.0. The van der Waals surface area contributed by atoms with Crippen molar-refractivity contribution in [1.29, 1.82) is 0 Å². The summed E-state index contributed by atoms with van der Waals surface area (Å²) in [6, 6.07) is 8.06. The summed E-state index contributed by atoms with van der Waals surface area (Å²) in [5, 5.41) is 3.09. The molecule has 106 valence electrons.